The van der Waals surface area contributed by atoms with Crippen LogP contribution in [0.1, 0.15) is 16.6 Å². The molecular weight excluding hydrogens is 458 g/mol. The summed E-state index contributed by atoms with van der Waals surface area (Å²) in [6.07, 6.45) is -1.56. The first-order chi connectivity index (χ1) is 15.4. The molecule has 3 aliphatic heterocycles. The first-order valence-corrected chi connectivity index (χ1v) is 11.3. The Morgan fingerprint density at radius 3 is 2.91 bits per heavy atom. The molecule has 3 aliphatic rings. The first kappa shape index (κ1) is 21.0. The number of amides is 3. The normalized spacial score (nSPS) is 24.5. The number of rotatable bonds is 4. The summed E-state index contributed by atoms with van der Waals surface area (Å²) in [5, 5.41) is 2.79. The Hall–Kier alpha value is -2.82. The number of nitrogens with one attached hydrogen (secondary N) is 1. The van der Waals surface area contributed by atoms with E-state index in [2.05, 4.69) is 5.32 Å². The van der Waals surface area contributed by atoms with Gasteiger partial charge in [-0.2, -0.15) is 0 Å². The molecule has 0 aliphatic carbocycles. The monoisotopic (exact) mass is 477 g/mol. The van der Waals surface area contributed by atoms with Crippen LogP contribution in [-0.4, -0.2) is 62.5 Å². The Kier molecular flexibility index (Phi) is 5.44. The van der Waals surface area contributed by atoms with Crippen LogP contribution in [0, 0.1) is 0 Å². The molecule has 1 aromatic carbocycles. The van der Waals surface area contributed by atoms with Crippen LogP contribution in [-0.2, 0) is 14.3 Å². The number of ether oxygens (including phenoxy) is 3. The lowest BCUT2D eigenvalue weighted by Gasteiger charge is -2.34. The Labute approximate surface area is 192 Å². The number of benzene rings is 1. The highest BCUT2D eigenvalue weighted by Crippen LogP contribution is 2.41. The Balaban J connectivity index is 1.30. The van der Waals surface area contributed by atoms with Crippen molar-refractivity contribution in [3.05, 3.63) is 39.5 Å². The van der Waals surface area contributed by atoms with Crippen LogP contribution < -0.4 is 19.9 Å². The predicted octanol–water partition coefficient (Wildman–Crippen LogP) is 2.67. The lowest BCUT2D eigenvalue weighted by molar-refractivity contribution is -0.132. The number of morpholine rings is 1. The molecule has 11 heteroatoms. The zero-order valence-electron chi connectivity index (χ0n) is 17.1. The van der Waals surface area contributed by atoms with Crippen LogP contribution in [0.15, 0.2) is 30.3 Å². The van der Waals surface area contributed by atoms with Crippen molar-refractivity contribution < 1.29 is 28.6 Å². The molecular formula is C21H20ClN3O6S. The van der Waals surface area contributed by atoms with Gasteiger partial charge in [-0.1, -0.05) is 11.6 Å². The number of hydrogen-bond acceptors (Lipinski definition) is 7. The zero-order chi connectivity index (χ0) is 22.4. The average molecular weight is 478 g/mol. The number of carbonyl (C=O) groups excluding carboxylic acids is 3. The first-order valence-electron chi connectivity index (χ1n) is 10.2. The van der Waals surface area contributed by atoms with Gasteiger partial charge in [0.2, 0.25) is 0 Å². The highest BCUT2D eigenvalue weighted by Gasteiger charge is 2.46. The van der Waals surface area contributed by atoms with E-state index in [4.69, 9.17) is 25.8 Å². The number of cyclic esters (lactones) is 1. The number of thiophene rings is 1. The van der Waals surface area contributed by atoms with Crippen LogP contribution in [0.3, 0.4) is 0 Å². The van der Waals surface area contributed by atoms with Crippen molar-refractivity contribution in [1.82, 2.24) is 5.32 Å². The van der Waals surface area contributed by atoms with Crippen LogP contribution >= 0.6 is 22.9 Å². The fourth-order valence-corrected chi connectivity index (χ4v) is 5.02. The number of halogens is 1. The molecule has 9 nitrogen and oxygen atoms in total. The van der Waals surface area contributed by atoms with Crippen LogP contribution in [0.25, 0.3) is 0 Å². The average Bonchev–Trinajstić information content (AvgIpc) is 3.37. The molecule has 168 valence electrons. The van der Waals surface area contributed by atoms with Crippen molar-refractivity contribution in [1.29, 1.82) is 0 Å². The standard InChI is InChI=1S/C21H20ClN3O6S/c1-11-20(27)24(6-7-29-11)12-2-3-13-15(8-12)30-10-14-16(31-21(28)25(13)14)9-23-19(26)17-4-5-18(22)32-17/h2-5,8,11,14,16H,6-7,9-10H2,1H3,(H,23,26)/t11?,14-,16-/m0/s1. The fourth-order valence-electron chi connectivity index (χ4n) is 4.06. The van der Waals surface area contributed by atoms with E-state index < -0.39 is 18.3 Å². The van der Waals surface area contributed by atoms with Crippen molar-refractivity contribution in [2.45, 2.75) is 25.2 Å². The van der Waals surface area contributed by atoms with Gasteiger partial charge in [0.1, 0.15) is 30.6 Å². The smallest absolute Gasteiger partial charge is 0.415 e. The van der Waals surface area contributed by atoms with Gasteiger partial charge in [0.05, 0.1) is 28.1 Å². The number of carbonyl (C=O) groups is 3. The second kappa shape index (κ2) is 8.27. The summed E-state index contributed by atoms with van der Waals surface area (Å²) >= 11 is 7.06. The number of fused-ring (bicyclic) bond motifs is 3. The Morgan fingerprint density at radius 2 is 2.12 bits per heavy atom. The molecule has 0 bridgehead atoms. The highest BCUT2D eigenvalue weighted by molar-refractivity contribution is 7.18. The summed E-state index contributed by atoms with van der Waals surface area (Å²) in [6, 6.07) is 8.21. The van der Waals surface area contributed by atoms with Gasteiger partial charge in [-0.15, -0.1) is 11.3 Å². The summed E-state index contributed by atoms with van der Waals surface area (Å²) in [5.41, 5.74) is 1.26. The highest BCUT2D eigenvalue weighted by atomic mass is 35.5. The summed E-state index contributed by atoms with van der Waals surface area (Å²) in [4.78, 5) is 41.1. The van der Waals surface area contributed by atoms with Gasteiger partial charge in [0.15, 0.2) is 0 Å². The predicted molar refractivity (Wildman–Crippen MR) is 118 cm³/mol. The molecule has 1 aromatic heterocycles. The minimum atomic E-state index is -0.559. The van der Waals surface area contributed by atoms with Gasteiger partial charge in [0, 0.05) is 18.3 Å². The minimum absolute atomic E-state index is 0.117. The third kappa shape index (κ3) is 3.68. The molecule has 1 N–H and O–H groups in total. The van der Waals surface area contributed by atoms with Gasteiger partial charge in [0.25, 0.3) is 11.8 Å². The summed E-state index contributed by atoms with van der Waals surface area (Å²) in [6.45, 7) is 2.99. The molecule has 3 atom stereocenters. The van der Waals surface area contributed by atoms with Crippen molar-refractivity contribution in [3.8, 4) is 5.75 Å². The van der Waals surface area contributed by atoms with Crippen molar-refractivity contribution in [3.63, 3.8) is 0 Å². The zero-order valence-corrected chi connectivity index (χ0v) is 18.6. The summed E-state index contributed by atoms with van der Waals surface area (Å²) in [5.74, 6) is 0.108. The second-order valence-corrected chi connectivity index (χ2v) is 9.35. The largest absolute Gasteiger partial charge is 0.489 e. The SMILES string of the molecule is CC1OCCN(c2ccc3c(c2)OC[C@H]2[C@H](CNC(=O)c4ccc(Cl)s4)OC(=O)N32)C1=O. The number of hydrogen-bond donors (Lipinski definition) is 1. The summed E-state index contributed by atoms with van der Waals surface area (Å²) < 4.78 is 17.4. The molecule has 2 aromatic rings. The number of anilines is 2. The summed E-state index contributed by atoms with van der Waals surface area (Å²) in [7, 11) is 0. The lowest BCUT2D eigenvalue weighted by atomic mass is 10.1. The quantitative estimate of drug-likeness (QED) is 0.727. The van der Waals surface area contributed by atoms with Crippen molar-refractivity contribution in [2.75, 3.05) is 36.1 Å². The van der Waals surface area contributed by atoms with Crippen LogP contribution in [0.5, 0.6) is 5.75 Å². The Bertz CT molecular complexity index is 1090. The third-order valence-electron chi connectivity index (χ3n) is 5.69. The van der Waals surface area contributed by atoms with Crippen molar-refractivity contribution in [2.24, 2.45) is 0 Å². The molecule has 32 heavy (non-hydrogen) atoms. The molecule has 5 rings (SSSR count). The van der Waals surface area contributed by atoms with Crippen LogP contribution in [0.2, 0.25) is 4.34 Å². The van der Waals surface area contributed by atoms with E-state index in [1.807, 2.05) is 0 Å². The molecule has 2 fully saturated rings. The molecule has 3 amide bonds. The molecule has 1 unspecified atom stereocenters. The van der Waals surface area contributed by atoms with Gasteiger partial charge >= 0.3 is 6.09 Å². The molecule has 0 radical (unpaired) electrons. The fraction of sp³-hybridized carbons (Fsp3) is 0.381. The van der Waals surface area contributed by atoms with E-state index in [0.29, 0.717) is 39.5 Å². The molecule has 0 saturated carbocycles. The maximum absolute atomic E-state index is 12.6. The molecule has 2 saturated heterocycles. The van der Waals surface area contributed by atoms with E-state index in [0.717, 1.165) is 0 Å². The topological polar surface area (TPSA) is 97.4 Å². The van der Waals surface area contributed by atoms with Crippen molar-refractivity contribution >= 4 is 52.2 Å². The van der Waals surface area contributed by atoms with E-state index in [1.165, 1.54) is 11.3 Å². The maximum atomic E-state index is 12.6. The minimum Gasteiger partial charge on any atom is -0.489 e. The molecule has 0 spiro atoms. The number of nitrogens with zero attached hydrogens (tertiary/aromatic N) is 2. The van der Waals surface area contributed by atoms with E-state index in [1.54, 1.807) is 47.1 Å². The van der Waals surface area contributed by atoms with E-state index in [9.17, 15) is 14.4 Å². The molecule has 4 heterocycles. The second-order valence-electron chi connectivity index (χ2n) is 7.64. The third-order valence-corrected chi connectivity index (χ3v) is 6.92. The van der Waals surface area contributed by atoms with E-state index >= 15 is 0 Å². The lowest BCUT2D eigenvalue weighted by Crippen LogP contribution is -2.48. The van der Waals surface area contributed by atoms with Gasteiger partial charge in [-0.3, -0.25) is 14.5 Å². The maximum Gasteiger partial charge on any atom is 0.415 e. The van der Waals surface area contributed by atoms with Crippen LogP contribution in [0.4, 0.5) is 16.2 Å². The van der Waals surface area contributed by atoms with Gasteiger partial charge < -0.3 is 24.4 Å². The van der Waals surface area contributed by atoms with Gasteiger partial charge in [-0.25, -0.2) is 4.79 Å². The Morgan fingerprint density at radius 1 is 1.28 bits per heavy atom. The van der Waals surface area contributed by atoms with Gasteiger partial charge in [-0.05, 0) is 31.2 Å². The van der Waals surface area contributed by atoms with E-state index in [-0.39, 0.29) is 31.0 Å².